The number of hydrogen-bond acceptors (Lipinski definition) is 2. The van der Waals surface area contributed by atoms with E-state index in [1.807, 2.05) is 14.0 Å². The molecule has 0 aliphatic heterocycles. The van der Waals surface area contributed by atoms with Crippen LogP contribution in [-0.4, -0.2) is 25.7 Å². The predicted octanol–water partition coefficient (Wildman–Crippen LogP) is 3.84. The summed E-state index contributed by atoms with van der Waals surface area (Å²) in [6.07, 6.45) is 6.55. The summed E-state index contributed by atoms with van der Waals surface area (Å²) in [5.74, 6) is 0.908. The highest BCUT2D eigenvalue weighted by molar-refractivity contribution is 14.0. The van der Waals surface area contributed by atoms with Crippen molar-refractivity contribution in [2.24, 2.45) is 4.99 Å². The predicted molar refractivity (Wildman–Crippen MR) is 107 cm³/mol. The highest BCUT2D eigenvalue weighted by Gasteiger charge is 2.14. The van der Waals surface area contributed by atoms with E-state index in [9.17, 15) is 0 Å². The van der Waals surface area contributed by atoms with Crippen LogP contribution in [0.5, 0.6) is 0 Å². The van der Waals surface area contributed by atoms with Crippen molar-refractivity contribution in [1.82, 2.24) is 10.6 Å². The van der Waals surface area contributed by atoms with Crippen LogP contribution in [0.1, 0.15) is 50.2 Å². The number of ether oxygens (including phenoxy) is 1. The summed E-state index contributed by atoms with van der Waals surface area (Å²) >= 11 is 0. The Morgan fingerprint density at radius 3 is 2.39 bits per heavy atom. The van der Waals surface area contributed by atoms with Gasteiger partial charge in [0, 0.05) is 26.2 Å². The minimum Gasteiger partial charge on any atom is -0.377 e. The Balaban J connectivity index is 0.00000264. The van der Waals surface area contributed by atoms with Crippen molar-refractivity contribution in [3.05, 3.63) is 35.4 Å². The zero-order valence-electron chi connectivity index (χ0n) is 14.3. The Kier molecular flexibility index (Phi) is 10.3. The van der Waals surface area contributed by atoms with Crippen molar-refractivity contribution in [3.63, 3.8) is 0 Å². The molecule has 4 nitrogen and oxygen atoms in total. The second kappa shape index (κ2) is 11.7. The fourth-order valence-electron chi connectivity index (χ4n) is 2.79. The maximum atomic E-state index is 5.41. The Hall–Kier alpha value is -0.820. The molecule has 130 valence electrons. The smallest absolute Gasteiger partial charge is 0.191 e. The molecule has 1 saturated carbocycles. The number of nitrogens with one attached hydrogen (secondary N) is 2. The average Bonchev–Trinajstić information content (AvgIpc) is 2.58. The molecule has 1 aromatic rings. The molecule has 0 heterocycles. The van der Waals surface area contributed by atoms with Gasteiger partial charge in [0.2, 0.25) is 0 Å². The lowest BCUT2D eigenvalue weighted by atomic mass is 9.96. The molecule has 2 rings (SSSR count). The summed E-state index contributed by atoms with van der Waals surface area (Å²) in [4.78, 5) is 4.33. The van der Waals surface area contributed by atoms with Gasteiger partial charge < -0.3 is 15.4 Å². The minimum atomic E-state index is 0. The van der Waals surface area contributed by atoms with Crippen LogP contribution in [0.25, 0.3) is 0 Å². The molecule has 0 spiro atoms. The Morgan fingerprint density at radius 2 is 1.78 bits per heavy atom. The number of halogens is 1. The van der Waals surface area contributed by atoms with E-state index >= 15 is 0 Å². The molecule has 0 radical (unpaired) electrons. The number of nitrogens with zero attached hydrogens (tertiary/aromatic N) is 1. The highest BCUT2D eigenvalue weighted by atomic mass is 127. The quantitative estimate of drug-likeness (QED) is 0.409. The number of rotatable bonds is 6. The van der Waals surface area contributed by atoms with E-state index in [1.54, 1.807) is 0 Å². The summed E-state index contributed by atoms with van der Waals surface area (Å²) in [6, 6.07) is 9.13. The topological polar surface area (TPSA) is 45.6 Å². The molecule has 1 aliphatic carbocycles. The summed E-state index contributed by atoms with van der Waals surface area (Å²) in [5.41, 5.74) is 2.47. The Labute approximate surface area is 157 Å². The van der Waals surface area contributed by atoms with Crippen molar-refractivity contribution in [2.45, 2.75) is 58.2 Å². The second-order valence-corrected chi connectivity index (χ2v) is 5.86. The van der Waals surface area contributed by atoms with Crippen LogP contribution in [0, 0.1) is 0 Å². The van der Waals surface area contributed by atoms with Crippen molar-refractivity contribution in [3.8, 4) is 0 Å². The maximum Gasteiger partial charge on any atom is 0.191 e. The molecule has 0 aromatic heterocycles. The third-order valence-electron chi connectivity index (χ3n) is 4.13. The van der Waals surface area contributed by atoms with Crippen molar-refractivity contribution >= 4 is 29.9 Å². The van der Waals surface area contributed by atoms with Crippen molar-refractivity contribution < 1.29 is 4.74 Å². The minimum absolute atomic E-state index is 0. The van der Waals surface area contributed by atoms with Gasteiger partial charge in [-0.05, 0) is 30.9 Å². The molecular weight excluding hydrogens is 401 g/mol. The van der Waals surface area contributed by atoms with Gasteiger partial charge in [-0.2, -0.15) is 0 Å². The Morgan fingerprint density at radius 1 is 1.13 bits per heavy atom. The van der Waals surface area contributed by atoms with Gasteiger partial charge in [-0.1, -0.05) is 43.5 Å². The SMILES string of the molecule is CCOCc1ccc(CNC(=NC)NC2CCCCC2)cc1.I. The Bertz CT molecular complexity index is 456. The lowest BCUT2D eigenvalue weighted by Gasteiger charge is -2.24. The van der Waals surface area contributed by atoms with Gasteiger partial charge in [0.25, 0.3) is 0 Å². The van der Waals surface area contributed by atoms with E-state index in [-0.39, 0.29) is 24.0 Å². The van der Waals surface area contributed by atoms with Crippen LogP contribution in [0.2, 0.25) is 0 Å². The van der Waals surface area contributed by atoms with Gasteiger partial charge in [-0.15, -0.1) is 24.0 Å². The van der Waals surface area contributed by atoms with Gasteiger partial charge in [0.15, 0.2) is 5.96 Å². The summed E-state index contributed by atoms with van der Waals surface area (Å²) in [6.45, 7) is 4.26. The van der Waals surface area contributed by atoms with Gasteiger partial charge in [-0.3, -0.25) is 4.99 Å². The molecule has 0 amide bonds. The normalized spacial score (nSPS) is 15.8. The van der Waals surface area contributed by atoms with Crippen LogP contribution in [0.15, 0.2) is 29.3 Å². The first-order valence-electron chi connectivity index (χ1n) is 8.44. The molecule has 1 aromatic carbocycles. The van der Waals surface area contributed by atoms with E-state index in [4.69, 9.17) is 4.74 Å². The van der Waals surface area contributed by atoms with E-state index in [1.165, 1.54) is 43.2 Å². The number of benzene rings is 1. The third kappa shape index (κ3) is 7.52. The molecule has 23 heavy (non-hydrogen) atoms. The third-order valence-corrected chi connectivity index (χ3v) is 4.13. The zero-order valence-corrected chi connectivity index (χ0v) is 16.6. The molecule has 1 fully saturated rings. The number of aliphatic imine (C=N–C) groups is 1. The molecule has 0 bridgehead atoms. The first-order chi connectivity index (χ1) is 10.8. The number of hydrogen-bond donors (Lipinski definition) is 2. The van der Waals surface area contributed by atoms with Gasteiger partial charge in [0.05, 0.1) is 6.61 Å². The van der Waals surface area contributed by atoms with Crippen LogP contribution in [0.3, 0.4) is 0 Å². The van der Waals surface area contributed by atoms with Crippen LogP contribution >= 0.6 is 24.0 Å². The van der Waals surface area contributed by atoms with E-state index < -0.39 is 0 Å². The maximum absolute atomic E-state index is 5.41. The van der Waals surface area contributed by atoms with Crippen LogP contribution in [0.4, 0.5) is 0 Å². The fourth-order valence-corrected chi connectivity index (χ4v) is 2.79. The average molecular weight is 431 g/mol. The summed E-state index contributed by atoms with van der Waals surface area (Å²) in [5, 5.41) is 6.94. The van der Waals surface area contributed by atoms with Crippen molar-refractivity contribution in [2.75, 3.05) is 13.7 Å². The van der Waals surface area contributed by atoms with Gasteiger partial charge in [0.1, 0.15) is 0 Å². The summed E-state index contributed by atoms with van der Waals surface area (Å²) < 4.78 is 5.41. The van der Waals surface area contributed by atoms with Crippen LogP contribution < -0.4 is 10.6 Å². The van der Waals surface area contributed by atoms with E-state index in [0.29, 0.717) is 12.6 Å². The largest absolute Gasteiger partial charge is 0.377 e. The van der Waals surface area contributed by atoms with E-state index in [2.05, 4.69) is 39.9 Å². The summed E-state index contributed by atoms with van der Waals surface area (Å²) in [7, 11) is 1.84. The van der Waals surface area contributed by atoms with E-state index in [0.717, 1.165) is 19.1 Å². The van der Waals surface area contributed by atoms with Gasteiger partial charge >= 0.3 is 0 Å². The molecule has 0 saturated heterocycles. The lowest BCUT2D eigenvalue weighted by molar-refractivity contribution is 0.134. The van der Waals surface area contributed by atoms with Crippen LogP contribution in [-0.2, 0) is 17.9 Å². The molecule has 1 aliphatic rings. The first kappa shape index (κ1) is 20.2. The molecule has 5 heteroatoms. The zero-order chi connectivity index (χ0) is 15.6. The standard InChI is InChI=1S/C18H29N3O.HI/c1-3-22-14-16-11-9-15(10-12-16)13-20-18(19-2)21-17-7-5-4-6-8-17;/h9-12,17H,3-8,13-14H2,1-2H3,(H2,19,20,21);1H. The monoisotopic (exact) mass is 431 g/mol. The first-order valence-corrected chi connectivity index (χ1v) is 8.44. The lowest BCUT2D eigenvalue weighted by Crippen LogP contribution is -2.43. The molecular formula is C18H30IN3O. The van der Waals surface area contributed by atoms with Gasteiger partial charge in [-0.25, -0.2) is 0 Å². The molecule has 2 N–H and O–H groups in total. The fraction of sp³-hybridized carbons (Fsp3) is 0.611. The second-order valence-electron chi connectivity index (χ2n) is 5.86. The molecule has 0 unspecified atom stereocenters. The number of guanidine groups is 1. The van der Waals surface area contributed by atoms with Crippen molar-refractivity contribution in [1.29, 1.82) is 0 Å². The highest BCUT2D eigenvalue weighted by Crippen LogP contribution is 2.17. The molecule has 0 atom stereocenters.